The monoisotopic (exact) mass is 433 g/mol. The van der Waals surface area contributed by atoms with Gasteiger partial charge in [0.2, 0.25) is 10.0 Å². The second-order valence-electron chi connectivity index (χ2n) is 6.21. The molecule has 0 bridgehead atoms. The van der Waals surface area contributed by atoms with Crippen molar-refractivity contribution in [1.82, 2.24) is 4.31 Å². The van der Waals surface area contributed by atoms with Gasteiger partial charge in [0.1, 0.15) is 5.71 Å². The maximum Gasteiger partial charge on any atom is 0.275 e. The summed E-state index contributed by atoms with van der Waals surface area (Å²) in [7, 11) is -3.45. The van der Waals surface area contributed by atoms with Crippen LogP contribution in [0, 0.1) is 0 Å². The Morgan fingerprint density at radius 3 is 2.42 bits per heavy atom. The number of aliphatic imine (C=N–C) groups is 1. The number of halogens is 1. The van der Waals surface area contributed by atoms with Gasteiger partial charge < -0.3 is 5.32 Å². The number of carbonyl (C=O) groups excluding carboxylic acids is 1. The van der Waals surface area contributed by atoms with Crippen molar-refractivity contribution in [2.45, 2.75) is 17.7 Å². The molecular formula is C18H16BrN3O3S. The van der Waals surface area contributed by atoms with Gasteiger partial charge in [-0.3, -0.25) is 4.79 Å². The van der Waals surface area contributed by atoms with Crippen LogP contribution in [0.4, 0.5) is 11.4 Å². The molecule has 1 amide bonds. The molecule has 0 atom stereocenters. The van der Waals surface area contributed by atoms with Crippen LogP contribution >= 0.6 is 15.9 Å². The minimum absolute atomic E-state index is 0.252. The maximum atomic E-state index is 12.6. The Hall–Kier alpha value is -2.03. The highest BCUT2D eigenvalue weighted by Gasteiger charge is 2.28. The van der Waals surface area contributed by atoms with Crippen molar-refractivity contribution in [2.75, 3.05) is 18.4 Å². The van der Waals surface area contributed by atoms with Crippen LogP contribution in [0.5, 0.6) is 0 Å². The van der Waals surface area contributed by atoms with Crippen LogP contribution in [0.25, 0.3) is 0 Å². The van der Waals surface area contributed by atoms with Crippen molar-refractivity contribution >= 4 is 48.9 Å². The van der Waals surface area contributed by atoms with Gasteiger partial charge in [-0.2, -0.15) is 4.31 Å². The quantitative estimate of drug-likeness (QED) is 0.805. The van der Waals surface area contributed by atoms with Gasteiger partial charge in [0.15, 0.2) is 0 Å². The zero-order valence-electron chi connectivity index (χ0n) is 13.8. The van der Waals surface area contributed by atoms with E-state index in [1.165, 1.54) is 4.31 Å². The standard InChI is InChI=1S/C18H16BrN3O3S/c19-12-3-8-16-15(11-12)17(18(23)21-16)20-13-4-6-14(7-5-13)26(24,25)22-9-1-2-10-22/h3-8,11H,1-2,9-10H2,(H,20,21,23). The van der Waals surface area contributed by atoms with E-state index in [0.717, 1.165) is 22.9 Å². The van der Waals surface area contributed by atoms with Gasteiger partial charge in [0.05, 0.1) is 16.3 Å². The van der Waals surface area contributed by atoms with E-state index < -0.39 is 10.0 Å². The van der Waals surface area contributed by atoms with Crippen LogP contribution in [-0.4, -0.2) is 37.4 Å². The van der Waals surface area contributed by atoms with Gasteiger partial charge in [0.25, 0.3) is 5.91 Å². The summed E-state index contributed by atoms with van der Waals surface area (Å²) in [6.45, 7) is 1.14. The first-order chi connectivity index (χ1) is 12.4. The summed E-state index contributed by atoms with van der Waals surface area (Å²) in [6, 6.07) is 11.8. The molecule has 0 unspecified atom stereocenters. The minimum atomic E-state index is -3.45. The first-order valence-corrected chi connectivity index (χ1v) is 10.5. The molecule has 0 spiro atoms. The Labute approximate surface area is 160 Å². The summed E-state index contributed by atoms with van der Waals surface area (Å²) < 4.78 is 27.5. The predicted molar refractivity (Wildman–Crippen MR) is 103 cm³/mol. The molecule has 0 saturated carbocycles. The highest BCUT2D eigenvalue weighted by atomic mass is 79.9. The number of amides is 1. The van der Waals surface area contributed by atoms with E-state index >= 15 is 0 Å². The first kappa shape index (κ1) is 17.4. The van der Waals surface area contributed by atoms with Gasteiger partial charge in [-0.05, 0) is 55.3 Å². The molecule has 2 aliphatic heterocycles. The second-order valence-corrected chi connectivity index (χ2v) is 9.06. The van der Waals surface area contributed by atoms with E-state index in [2.05, 4.69) is 26.2 Å². The number of hydrogen-bond donors (Lipinski definition) is 1. The zero-order chi connectivity index (χ0) is 18.3. The second kappa shape index (κ2) is 6.61. The molecule has 1 saturated heterocycles. The van der Waals surface area contributed by atoms with Crippen LogP contribution in [0.2, 0.25) is 0 Å². The van der Waals surface area contributed by atoms with E-state index in [0.29, 0.717) is 30.2 Å². The number of benzene rings is 2. The van der Waals surface area contributed by atoms with E-state index in [-0.39, 0.29) is 10.8 Å². The molecule has 0 aliphatic carbocycles. The Morgan fingerprint density at radius 1 is 1.04 bits per heavy atom. The van der Waals surface area contributed by atoms with E-state index in [9.17, 15) is 13.2 Å². The molecule has 6 nitrogen and oxygen atoms in total. The topological polar surface area (TPSA) is 78.8 Å². The first-order valence-electron chi connectivity index (χ1n) is 8.25. The third kappa shape index (κ3) is 3.08. The molecule has 2 aliphatic rings. The molecule has 8 heteroatoms. The zero-order valence-corrected chi connectivity index (χ0v) is 16.2. The molecule has 4 rings (SSSR count). The van der Waals surface area contributed by atoms with Crippen molar-refractivity contribution in [3.05, 3.63) is 52.5 Å². The summed E-state index contributed by atoms with van der Waals surface area (Å²) in [5, 5.41) is 2.77. The minimum Gasteiger partial charge on any atom is -0.320 e. The van der Waals surface area contributed by atoms with Gasteiger partial charge in [-0.15, -0.1) is 0 Å². The average molecular weight is 434 g/mol. The SMILES string of the molecule is O=C1Nc2ccc(Br)cc2C1=Nc1ccc(S(=O)(=O)N2CCCC2)cc1. The number of sulfonamides is 1. The number of hydrogen-bond acceptors (Lipinski definition) is 4. The van der Waals surface area contributed by atoms with Gasteiger partial charge >= 0.3 is 0 Å². The van der Waals surface area contributed by atoms with Gasteiger partial charge in [-0.1, -0.05) is 15.9 Å². The number of nitrogens with one attached hydrogen (secondary N) is 1. The van der Waals surface area contributed by atoms with Crippen LogP contribution < -0.4 is 5.32 Å². The smallest absolute Gasteiger partial charge is 0.275 e. The normalized spacial score (nSPS) is 19.0. The summed E-state index contributed by atoms with van der Waals surface area (Å²) >= 11 is 3.40. The Bertz CT molecular complexity index is 1010. The number of anilines is 1. The lowest BCUT2D eigenvalue weighted by atomic mass is 10.1. The van der Waals surface area contributed by atoms with Crippen molar-refractivity contribution in [3.63, 3.8) is 0 Å². The largest absolute Gasteiger partial charge is 0.320 e. The summed E-state index contributed by atoms with van der Waals surface area (Å²) in [5.41, 5.74) is 2.28. The molecule has 134 valence electrons. The molecule has 0 aromatic heterocycles. The van der Waals surface area contributed by atoms with E-state index in [1.807, 2.05) is 18.2 Å². The lowest BCUT2D eigenvalue weighted by Gasteiger charge is -2.15. The summed E-state index contributed by atoms with van der Waals surface area (Å²) in [6.07, 6.45) is 1.80. The van der Waals surface area contributed by atoms with Crippen molar-refractivity contribution in [2.24, 2.45) is 4.99 Å². The van der Waals surface area contributed by atoms with Crippen LogP contribution in [0.1, 0.15) is 18.4 Å². The highest BCUT2D eigenvalue weighted by Crippen LogP contribution is 2.29. The Balaban J connectivity index is 1.65. The molecule has 2 heterocycles. The van der Waals surface area contributed by atoms with Crippen molar-refractivity contribution in [3.8, 4) is 0 Å². The highest BCUT2D eigenvalue weighted by molar-refractivity contribution is 9.10. The Morgan fingerprint density at radius 2 is 1.73 bits per heavy atom. The molecule has 0 radical (unpaired) electrons. The fraction of sp³-hybridized carbons (Fsp3) is 0.222. The number of fused-ring (bicyclic) bond motifs is 1. The molecule has 26 heavy (non-hydrogen) atoms. The number of nitrogens with zero attached hydrogens (tertiary/aromatic N) is 2. The number of rotatable bonds is 3. The lowest BCUT2D eigenvalue weighted by Crippen LogP contribution is -2.27. The summed E-state index contributed by atoms with van der Waals surface area (Å²) in [5.74, 6) is -0.271. The van der Waals surface area contributed by atoms with Gasteiger partial charge in [0, 0.05) is 23.1 Å². The maximum absolute atomic E-state index is 12.6. The predicted octanol–water partition coefficient (Wildman–Crippen LogP) is 3.31. The third-order valence-electron chi connectivity index (χ3n) is 4.48. The van der Waals surface area contributed by atoms with Crippen LogP contribution in [0.3, 0.4) is 0 Å². The lowest BCUT2D eigenvalue weighted by molar-refractivity contribution is -0.110. The van der Waals surface area contributed by atoms with E-state index in [1.54, 1.807) is 24.3 Å². The average Bonchev–Trinajstić information content (AvgIpc) is 3.25. The van der Waals surface area contributed by atoms with Gasteiger partial charge in [-0.25, -0.2) is 13.4 Å². The van der Waals surface area contributed by atoms with E-state index in [4.69, 9.17) is 0 Å². The third-order valence-corrected chi connectivity index (χ3v) is 6.89. The fourth-order valence-electron chi connectivity index (χ4n) is 3.14. The van der Waals surface area contributed by atoms with Crippen LogP contribution in [0.15, 0.2) is 56.8 Å². The summed E-state index contributed by atoms with van der Waals surface area (Å²) in [4.78, 5) is 16.9. The van der Waals surface area contributed by atoms with Crippen molar-refractivity contribution in [1.29, 1.82) is 0 Å². The molecule has 2 aromatic carbocycles. The van der Waals surface area contributed by atoms with Crippen LogP contribution in [-0.2, 0) is 14.8 Å². The molecule has 1 N–H and O–H groups in total. The molecular weight excluding hydrogens is 418 g/mol. The van der Waals surface area contributed by atoms with Crippen molar-refractivity contribution < 1.29 is 13.2 Å². The number of carbonyl (C=O) groups is 1. The molecule has 1 fully saturated rings. The fourth-order valence-corrected chi connectivity index (χ4v) is 5.01. The molecule has 2 aromatic rings. The Kier molecular flexibility index (Phi) is 4.42.